The first-order valence-corrected chi connectivity index (χ1v) is 3.96. The maximum atomic E-state index is 13.3. The van der Waals surface area contributed by atoms with Crippen LogP contribution in [0.25, 0.3) is 0 Å². The number of aromatic nitrogens is 2. The highest BCUT2D eigenvalue weighted by Gasteiger charge is 2.23. The summed E-state index contributed by atoms with van der Waals surface area (Å²) in [6.45, 7) is 2.92. The molecule has 1 aromatic heterocycles. The molecule has 0 spiro atoms. The molecule has 0 aromatic carbocycles. The zero-order chi connectivity index (χ0) is 8.48. The summed E-state index contributed by atoms with van der Waals surface area (Å²) < 4.78 is 13.9. The van der Waals surface area contributed by atoms with Gasteiger partial charge in [0.25, 0.3) is 0 Å². The Morgan fingerprint density at radius 2 is 2.18 bits per heavy atom. The summed E-state index contributed by atoms with van der Waals surface area (Å²) in [7, 11) is 0. The summed E-state index contributed by atoms with van der Waals surface area (Å²) in [5.41, 5.74) is -1.03. The van der Waals surface area contributed by atoms with Crippen molar-refractivity contribution in [1.29, 1.82) is 0 Å². The van der Waals surface area contributed by atoms with Gasteiger partial charge in [0.15, 0.2) is 0 Å². The second-order valence-corrected chi connectivity index (χ2v) is 3.55. The van der Waals surface area contributed by atoms with E-state index in [1.165, 1.54) is 26.4 Å². The molecule has 0 fully saturated rings. The first-order chi connectivity index (χ1) is 5.02. The van der Waals surface area contributed by atoms with Crippen LogP contribution in [-0.4, -0.2) is 9.97 Å². The molecule has 4 heteroatoms. The van der Waals surface area contributed by atoms with Gasteiger partial charge in [-0.05, 0) is 29.8 Å². The molecule has 0 amide bonds. The third kappa shape index (κ3) is 1.96. The largest absolute Gasteiger partial charge is 0.244 e. The monoisotopic (exact) mass is 218 g/mol. The van der Waals surface area contributed by atoms with Crippen LogP contribution in [0.5, 0.6) is 0 Å². The van der Waals surface area contributed by atoms with E-state index in [-0.39, 0.29) is 0 Å². The molecule has 0 aliphatic heterocycles. The molecule has 1 aromatic rings. The topological polar surface area (TPSA) is 25.8 Å². The van der Waals surface area contributed by atoms with Gasteiger partial charge in [-0.25, -0.2) is 14.4 Å². The summed E-state index contributed by atoms with van der Waals surface area (Å²) in [6.07, 6.45) is 2.87. The van der Waals surface area contributed by atoms with Crippen molar-refractivity contribution in [2.45, 2.75) is 19.5 Å². The second-order valence-electron chi connectivity index (χ2n) is 2.69. The van der Waals surface area contributed by atoms with Crippen molar-refractivity contribution in [3.63, 3.8) is 0 Å². The van der Waals surface area contributed by atoms with Gasteiger partial charge in [-0.15, -0.1) is 0 Å². The van der Waals surface area contributed by atoms with Gasteiger partial charge in [0.1, 0.15) is 12.0 Å². The van der Waals surface area contributed by atoms with Gasteiger partial charge >= 0.3 is 0 Å². The Kier molecular flexibility index (Phi) is 2.23. The van der Waals surface area contributed by atoms with Crippen LogP contribution >= 0.6 is 15.9 Å². The van der Waals surface area contributed by atoms with E-state index >= 15 is 0 Å². The van der Waals surface area contributed by atoms with Crippen molar-refractivity contribution in [1.82, 2.24) is 9.97 Å². The minimum atomic E-state index is -1.41. The zero-order valence-corrected chi connectivity index (χ0v) is 7.89. The lowest BCUT2D eigenvalue weighted by Crippen LogP contribution is -2.12. The number of rotatable bonds is 1. The van der Waals surface area contributed by atoms with E-state index in [0.717, 1.165) is 0 Å². The van der Waals surface area contributed by atoms with Crippen molar-refractivity contribution in [3.05, 3.63) is 22.7 Å². The third-order valence-corrected chi connectivity index (χ3v) is 1.81. The minimum absolute atomic E-state index is 0.382. The fraction of sp³-hybridized carbons (Fsp3) is 0.429. The maximum absolute atomic E-state index is 13.3. The Morgan fingerprint density at radius 3 is 2.55 bits per heavy atom. The van der Waals surface area contributed by atoms with Gasteiger partial charge in [0.05, 0.1) is 10.2 Å². The highest BCUT2D eigenvalue weighted by molar-refractivity contribution is 9.10. The van der Waals surface area contributed by atoms with Gasteiger partial charge in [-0.2, -0.15) is 0 Å². The van der Waals surface area contributed by atoms with Crippen LogP contribution in [-0.2, 0) is 5.67 Å². The molecule has 0 atom stereocenters. The fourth-order valence-electron chi connectivity index (χ4n) is 0.750. The minimum Gasteiger partial charge on any atom is -0.244 e. The summed E-state index contributed by atoms with van der Waals surface area (Å²) in [5.74, 6) is 0. The van der Waals surface area contributed by atoms with Crippen LogP contribution < -0.4 is 0 Å². The van der Waals surface area contributed by atoms with E-state index in [1.54, 1.807) is 0 Å². The lowest BCUT2D eigenvalue weighted by molar-refractivity contribution is 0.212. The normalized spacial score (nSPS) is 11.6. The summed E-state index contributed by atoms with van der Waals surface area (Å²) in [5, 5.41) is 0. The summed E-state index contributed by atoms with van der Waals surface area (Å²) >= 11 is 3.17. The molecule has 0 saturated carbocycles. The molecular weight excluding hydrogens is 211 g/mol. The standard InChI is InChI=1S/C7H8BrFN2/c1-7(2,9)6-5(8)3-10-4-11-6/h3-4H,1-2H3. The molecule has 0 bridgehead atoms. The molecule has 1 rings (SSSR count). The highest BCUT2D eigenvalue weighted by Crippen LogP contribution is 2.27. The van der Waals surface area contributed by atoms with Crippen LogP contribution in [0.2, 0.25) is 0 Å². The second kappa shape index (κ2) is 2.85. The van der Waals surface area contributed by atoms with Crippen LogP contribution in [0.3, 0.4) is 0 Å². The van der Waals surface area contributed by atoms with Crippen LogP contribution in [0.15, 0.2) is 17.0 Å². The maximum Gasteiger partial charge on any atom is 0.148 e. The molecule has 0 saturated heterocycles. The fourth-order valence-corrected chi connectivity index (χ4v) is 1.44. The Morgan fingerprint density at radius 1 is 1.55 bits per heavy atom. The number of alkyl halides is 1. The molecule has 0 aliphatic carbocycles. The number of nitrogens with zero attached hydrogens (tertiary/aromatic N) is 2. The lowest BCUT2D eigenvalue weighted by atomic mass is 10.1. The Balaban J connectivity index is 3.14. The first kappa shape index (κ1) is 8.59. The van der Waals surface area contributed by atoms with Crippen molar-refractivity contribution in [3.8, 4) is 0 Å². The SMILES string of the molecule is CC(C)(F)c1ncncc1Br. The van der Waals surface area contributed by atoms with Gasteiger partial charge in [-0.3, -0.25) is 0 Å². The molecular formula is C7H8BrFN2. The molecule has 60 valence electrons. The van der Waals surface area contributed by atoms with Gasteiger partial charge < -0.3 is 0 Å². The Hall–Kier alpha value is -0.510. The van der Waals surface area contributed by atoms with E-state index in [2.05, 4.69) is 25.9 Å². The average molecular weight is 219 g/mol. The van der Waals surface area contributed by atoms with E-state index in [4.69, 9.17) is 0 Å². The number of hydrogen-bond acceptors (Lipinski definition) is 2. The molecule has 2 nitrogen and oxygen atoms in total. The predicted molar refractivity (Wildman–Crippen MR) is 43.9 cm³/mol. The van der Waals surface area contributed by atoms with E-state index in [9.17, 15) is 4.39 Å². The Bertz CT molecular complexity index is 257. The quantitative estimate of drug-likeness (QED) is 0.724. The van der Waals surface area contributed by atoms with Crippen molar-refractivity contribution in [2.75, 3.05) is 0 Å². The van der Waals surface area contributed by atoms with E-state index in [1.807, 2.05) is 0 Å². The molecule has 0 N–H and O–H groups in total. The predicted octanol–water partition coefficient (Wildman–Crippen LogP) is 2.44. The van der Waals surface area contributed by atoms with Crippen molar-refractivity contribution in [2.24, 2.45) is 0 Å². The van der Waals surface area contributed by atoms with Gasteiger partial charge in [-0.1, -0.05) is 0 Å². The molecule has 0 radical (unpaired) electrons. The van der Waals surface area contributed by atoms with Crippen molar-refractivity contribution < 1.29 is 4.39 Å². The van der Waals surface area contributed by atoms with Crippen LogP contribution in [0, 0.1) is 0 Å². The number of halogens is 2. The highest BCUT2D eigenvalue weighted by atomic mass is 79.9. The number of hydrogen-bond donors (Lipinski definition) is 0. The lowest BCUT2D eigenvalue weighted by Gasteiger charge is -2.13. The van der Waals surface area contributed by atoms with E-state index in [0.29, 0.717) is 10.2 Å². The first-order valence-electron chi connectivity index (χ1n) is 3.16. The average Bonchev–Trinajstić information content (AvgIpc) is 1.86. The van der Waals surface area contributed by atoms with Crippen LogP contribution in [0.1, 0.15) is 19.5 Å². The smallest absolute Gasteiger partial charge is 0.148 e. The molecule has 11 heavy (non-hydrogen) atoms. The third-order valence-electron chi connectivity index (χ3n) is 1.23. The summed E-state index contributed by atoms with van der Waals surface area (Å²) in [6, 6.07) is 0. The zero-order valence-electron chi connectivity index (χ0n) is 6.31. The van der Waals surface area contributed by atoms with Crippen molar-refractivity contribution >= 4 is 15.9 Å². The van der Waals surface area contributed by atoms with Crippen LogP contribution in [0.4, 0.5) is 4.39 Å². The van der Waals surface area contributed by atoms with Gasteiger partial charge in [0.2, 0.25) is 0 Å². The van der Waals surface area contributed by atoms with E-state index < -0.39 is 5.67 Å². The Labute approximate surface area is 73.0 Å². The van der Waals surface area contributed by atoms with Gasteiger partial charge in [0, 0.05) is 6.20 Å². The molecule has 0 unspecified atom stereocenters. The summed E-state index contributed by atoms with van der Waals surface area (Å²) in [4.78, 5) is 7.55. The molecule has 0 aliphatic rings. The molecule has 1 heterocycles.